The highest BCUT2D eigenvalue weighted by atomic mass is 16.1. The van der Waals surface area contributed by atoms with E-state index in [1.807, 2.05) is 30.3 Å². The van der Waals surface area contributed by atoms with Gasteiger partial charge in [0.2, 0.25) is 10.9 Å². The molecule has 0 aliphatic heterocycles. The summed E-state index contributed by atoms with van der Waals surface area (Å²) in [7, 11) is 0. The molecular weight excluding hydrogens is 250 g/mol. The van der Waals surface area contributed by atoms with Gasteiger partial charge in [-0.2, -0.15) is 0 Å². The van der Waals surface area contributed by atoms with Crippen molar-refractivity contribution in [1.29, 1.82) is 0 Å². The molecule has 0 spiro atoms. The van der Waals surface area contributed by atoms with E-state index in [4.69, 9.17) is 0 Å². The molecule has 3 aromatic rings. The van der Waals surface area contributed by atoms with Gasteiger partial charge in [-0.25, -0.2) is 0 Å². The molecule has 0 heterocycles. The topological polar surface area (TPSA) is 46.5 Å². The second-order valence-corrected chi connectivity index (χ2v) is 4.67. The van der Waals surface area contributed by atoms with Gasteiger partial charge in [-0.15, -0.1) is 0 Å². The fraction of sp³-hybridized carbons (Fsp3) is 0.118. The average Bonchev–Trinajstić information content (AvgIpc) is 2.74. The Bertz CT molecular complexity index is 838. The molecule has 0 unspecified atom stereocenters. The predicted octanol–water partition coefficient (Wildman–Crippen LogP) is 1.58. The molecule has 0 atom stereocenters. The van der Waals surface area contributed by atoms with Gasteiger partial charge in [0, 0.05) is 17.3 Å². The van der Waals surface area contributed by atoms with Crippen molar-refractivity contribution in [2.75, 3.05) is 6.54 Å². The Morgan fingerprint density at radius 2 is 1.30 bits per heavy atom. The Kier molecular flexibility index (Phi) is 3.25. The molecule has 98 valence electrons. The standard InChI is InChI=1S/C17H13NO2/c19-16-13-8-4-5-9-14(13)17(20)15(16)18-11-10-12-6-2-1-3-7-12/h1-9H,10-11H2. The number of nitrogens with zero attached hydrogens (tertiary/aromatic N) is 1. The summed E-state index contributed by atoms with van der Waals surface area (Å²) in [4.78, 5) is 28.4. The monoisotopic (exact) mass is 263 g/mol. The lowest BCUT2D eigenvalue weighted by molar-refractivity contribution is 0.930. The fourth-order valence-electron chi connectivity index (χ4n) is 2.32. The Hall–Kier alpha value is -2.55. The lowest BCUT2D eigenvalue weighted by atomic mass is 10.2. The van der Waals surface area contributed by atoms with Gasteiger partial charge in [0.1, 0.15) is 0 Å². The maximum Gasteiger partial charge on any atom is 0.215 e. The van der Waals surface area contributed by atoms with Crippen LogP contribution in [0, 0.1) is 0 Å². The maximum absolute atomic E-state index is 12.1. The van der Waals surface area contributed by atoms with Crippen LogP contribution in [0.2, 0.25) is 0 Å². The number of hydrogen-bond acceptors (Lipinski definition) is 3. The van der Waals surface area contributed by atoms with E-state index in [1.54, 1.807) is 24.3 Å². The van der Waals surface area contributed by atoms with Crippen LogP contribution in [0.25, 0.3) is 10.8 Å². The van der Waals surface area contributed by atoms with Crippen LogP contribution in [0.3, 0.4) is 0 Å². The zero-order chi connectivity index (χ0) is 13.9. The molecule has 0 amide bonds. The molecule has 0 radical (unpaired) electrons. The van der Waals surface area contributed by atoms with E-state index in [0.717, 1.165) is 12.0 Å². The normalized spacial score (nSPS) is 10.8. The Balaban J connectivity index is 1.97. The van der Waals surface area contributed by atoms with Crippen LogP contribution in [-0.2, 0) is 6.42 Å². The zero-order valence-corrected chi connectivity index (χ0v) is 10.9. The Morgan fingerprint density at radius 1 is 0.750 bits per heavy atom. The minimum absolute atomic E-state index is 0.0714. The molecule has 0 fully saturated rings. The molecular formula is C17H13NO2. The summed E-state index contributed by atoms with van der Waals surface area (Å²) in [5.74, 6) is 0. The Labute approximate surface area is 115 Å². The van der Waals surface area contributed by atoms with Gasteiger partial charge in [0.25, 0.3) is 0 Å². The summed E-state index contributed by atoms with van der Waals surface area (Å²) in [6, 6.07) is 16.8. The molecule has 0 bridgehead atoms. The summed E-state index contributed by atoms with van der Waals surface area (Å²) >= 11 is 0. The molecule has 0 aromatic heterocycles. The summed E-state index contributed by atoms with van der Waals surface area (Å²) in [5, 5.41) is 1.01. The van der Waals surface area contributed by atoms with E-state index in [0.29, 0.717) is 17.3 Å². The minimum atomic E-state index is -0.251. The molecule has 3 rings (SSSR count). The summed E-state index contributed by atoms with van der Waals surface area (Å²) in [5.41, 5.74) is 0.643. The molecule has 0 aliphatic rings. The van der Waals surface area contributed by atoms with E-state index in [2.05, 4.69) is 4.99 Å². The molecule has 0 N–H and O–H groups in total. The quantitative estimate of drug-likeness (QED) is 0.720. The SMILES string of the molecule is O=c1c(=NCCc2ccccc2)c(=O)c2ccccc12. The van der Waals surface area contributed by atoms with Crippen molar-refractivity contribution in [2.45, 2.75) is 6.42 Å². The number of hydrogen-bond donors (Lipinski definition) is 0. The van der Waals surface area contributed by atoms with Gasteiger partial charge in [0.05, 0.1) is 0 Å². The van der Waals surface area contributed by atoms with E-state index in [-0.39, 0.29) is 16.2 Å². The van der Waals surface area contributed by atoms with Crippen molar-refractivity contribution >= 4 is 10.8 Å². The van der Waals surface area contributed by atoms with Crippen molar-refractivity contribution in [3.63, 3.8) is 0 Å². The van der Waals surface area contributed by atoms with E-state index in [1.165, 1.54) is 0 Å². The van der Waals surface area contributed by atoms with Crippen LogP contribution in [-0.4, -0.2) is 6.54 Å². The van der Waals surface area contributed by atoms with E-state index < -0.39 is 0 Å². The van der Waals surface area contributed by atoms with Gasteiger partial charge >= 0.3 is 0 Å². The first-order chi connectivity index (χ1) is 9.77. The van der Waals surface area contributed by atoms with Crippen LogP contribution >= 0.6 is 0 Å². The van der Waals surface area contributed by atoms with E-state index in [9.17, 15) is 9.59 Å². The number of fused-ring (bicyclic) bond motifs is 1. The minimum Gasteiger partial charge on any atom is -0.287 e. The third-order valence-electron chi connectivity index (χ3n) is 3.36. The summed E-state index contributed by atoms with van der Waals surface area (Å²) < 4.78 is 0. The summed E-state index contributed by atoms with van der Waals surface area (Å²) in [6.45, 7) is 0.449. The zero-order valence-electron chi connectivity index (χ0n) is 10.9. The predicted molar refractivity (Wildman–Crippen MR) is 79.4 cm³/mol. The molecule has 3 aromatic carbocycles. The smallest absolute Gasteiger partial charge is 0.215 e. The molecule has 20 heavy (non-hydrogen) atoms. The van der Waals surface area contributed by atoms with Crippen LogP contribution < -0.4 is 16.2 Å². The first-order valence-electron chi connectivity index (χ1n) is 6.54. The molecule has 3 nitrogen and oxygen atoms in total. The highest BCUT2D eigenvalue weighted by Crippen LogP contribution is 2.02. The van der Waals surface area contributed by atoms with Crippen LogP contribution in [0.5, 0.6) is 0 Å². The van der Waals surface area contributed by atoms with Gasteiger partial charge in [-0.3, -0.25) is 14.6 Å². The first kappa shape index (κ1) is 12.5. The second-order valence-electron chi connectivity index (χ2n) is 4.67. The average molecular weight is 263 g/mol. The van der Waals surface area contributed by atoms with Crippen molar-refractivity contribution in [3.05, 3.63) is 86.0 Å². The van der Waals surface area contributed by atoms with Crippen LogP contribution in [0.4, 0.5) is 0 Å². The lowest BCUT2D eigenvalue weighted by Gasteiger charge is -1.95. The van der Waals surface area contributed by atoms with Crippen molar-refractivity contribution in [1.82, 2.24) is 0 Å². The highest BCUT2D eigenvalue weighted by Gasteiger charge is 2.09. The molecule has 3 heteroatoms. The number of benzene rings is 2. The highest BCUT2D eigenvalue weighted by molar-refractivity contribution is 5.83. The number of rotatable bonds is 3. The van der Waals surface area contributed by atoms with Crippen molar-refractivity contribution in [2.24, 2.45) is 4.99 Å². The van der Waals surface area contributed by atoms with Crippen molar-refractivity contribution in [3.8, 4) is 0 Å². The van der Waals surface area contributed by atoms with Gasteiger partial charge in [-0.1, -0.05) is 54.6 Å². The van der Waals surface area contributed by atoms with Crippen LogP contribution in [0.15, 0.2) is 69.2 Å². The van der Waals surface area contributed by atoms with Crippen LogP contribution in [0.1, 0.15) is 5.56 Å². The first-order valence-corrected chi connectivity index (χ1v) is 6.54. The molecule has 0 saturated heterocycles. The third kappa shape index (κ3) is 2.18. The van der Waals surface area contributed by atoms with Gasteiger partial charge < -0.3 is 0 Å². The van der Waals surface area contributed by atoms with Gasteiger partial charge in [-0.05, 0) is 12.0 Å². The lowest BCUT2D eigenvalue weighted by Crippen LogP contribution is -2.32. The third-order valence-corrected chi connectivity index (χ3v) is 3.36. The second kappa shape index (κ2) is 5.21. The Morgan fingerprint density at radius 3 is 1.90 bits per heavy atom. The van der Waals surface area contributed by atoms with Gasteiger partial charge in [0.15, 0.2) is 5.36 Å². The van der Waals surface area contributed by atoms with Crippen molar-refractivity contribution < 1.29 is 0 Å². The molecule has 0 saturated carbocycles. The molecule has 0 aliphatic carbocycles. The maximum atomic E-state index is 12.1. The largest absolute Gasteiger partial charge is 0.287 e. The summed E-state index contributed by atoms with van der Waals surface area (Å²) in [6.07, 6.45) is 0.723. The van der Waals surface area contributed by atoms with E-state index >= 15 is 0 Å². The fourth-order valence-corrected chi connectivity index (χ4v) is 2.32.